The number of hydrogen-bond donors (Lipinski definition) is 0. The van der Waals surface area contributed by atoms with Gasteiger partial charge < -0.3 is 0 Å². The van der Waals surface area contributed by atoms with E-state index in [9.17, 15) is 4.79 Å². The highest BCUT2D eigenvalue weighted by atomic mass is 16.1. The topological polar surface area (TPSA) is 47.8 Å². The summed E-state index contributed by atoms with van der Waals surface area (Å²) in [7, 11) is 0. The number of carbonyl (C=O) groups is 1. The molecule has 0 N–H and O–H groups in total. The molecule has 0 atom stereocenters. The third kappa shape index (κ3) is 2.28. The summed E-state index contributed by atoms with van der Waals surface area (Å²) in [6.45, 7) is 2.11. The van der Waals surface area contributed by atoms with Crippen LogP contribution >= 0.6 is 0 Å². The van der Waals surface area contributed by atoms with Crippen LogP contribution in [0.25, 0.3) is 0 Å². The molecule has 76 valence electrons. The van der Waals surface area contributed by atoms with Gasteiger partial charge in [-0.05, 0) is 18.2 Å². The molecule has 0 amide bonds. The highest BCUT2D eigenvalue weighted by Crippen LogP contribution is 2.02. The van der Waals surface area contributed by atoms with Gasteiger partial charge >= 0.3 is 0 Å². The average Bonchev–Trinajstić information content (AvgIpc) is 2.71. The van der Waals surface area contributed by atoms with Crippen LogP contribution in [0.2, 0.25) is 0 Å². The summed E-state index contributed by atoms with van der Waals surface area (Å²) in [5.74, 6) is -0.0164. The van der Waals surface area contributed by atoms with E-state index in [-0.39, 0.29) is 5.78 Å². The van der Waals surface area contributed by atoms with Crippen molar-refractivity contribution >= 4 is 5.78 Å². The molecular formula is C11H11N3O. The Bertz CT molecular complexity index is 462. The first-order valence-corrected chi connectivity index (χ1v) is 4.70. The molecule has 2 aromatic rings. The standard InChI is InChI=1S/C11H11N3O/c1-9(15)11-5-2-4-10(13-11)8-14-7-3-6-12-14/h2-7H,8H2,1H3. The Morgan fingerprint density at radius 1 is 1.40 bits per heavy atom. The van der Waals surface area contributed by atoms with Gasteiger partial charge in [0.1, 0.15) is 5.69 Å². The Labute approximate surface area is 87.6 Å². The fraction of sp³-hybridized carbons (Fsp3) is 0.182. The number of aromatic nitrogens is 3. The van der Waals surface area contributed by atoms with Gasteiger partial charge in [-0.2, -0.15) is 5.10 Å². The molecule has 0 fully saturated rings. The molecule has 2 aromatic heterocycles. The van der Waals surface area contributed by atoms with E-state index in [1.54, 1.807) is 16.9 Å². The minimum atomic E-state index is -0.0164. The molecule has 4 nitrogen and oxygen atoms in total. The fourth-order valence-corrected chi connectivity index (χ4v) is 1.32. The summed E-state index contributed by atoms with van der Waals surface area (Å²) in [5, 5.41) is 4.08. The molecule has 2 rings (SSSR count). The lowest BCUT2D eigenvalue weighted by Gasteiger charge is -2.02. The molecule has 0 aliphatic carbocycles. The first kappa shape index (κ1) is 9.58. The highest BCUT2D eigenvalue weighted by Gasteiger charge is 2.02. The van der Waals surface area contributed by atoms with Crippen LogP contribution in [0.4, 0.5) is 0 Å². The van der Waals surface area contributed by atoms with E-state index in [4.69, 9.17) is 0 Å². The van der Waals surface area contributed by atoms with Crippen LogP contribution < -0.4 is 0 Å². The van der Waals surface area contributed by atoms with Crippen molar-refractivity contribution in [2.45, 2.75) is 13.5 Å². The Morgan fingerprint density at radius 3 is 2.93 bits per heavy atom. The van der Waals surface area contributed by atoms with E-state index in [1.165, 1.54) is 6.92 Å². The van der Waals surface area contributed by atoms with Gasteiger partial charge in [-0.15, -0.1) is 0 Å². The first-order chi connectivity index (χ1) is 7.25. The van der Waals surface area contributed by atoms with E-state index in [0.717, 1.165) is 5.69 Å². The lowest BCUT2D eigenvalue weighted by atomic mass is 10.2. The molecule has 2 heterocycles. The van der Waals surface area contributed by atoms with Crippen molar-refractivity contribution in [2.24, 2.45) is 0 Å². The van der Waals surface area contributed by atoms with Crippen molar-refractivity contribution < 1.29 is 4.79 Å². The molecule has 0 aliphatic heterocycles. The molecule has 0 spiro atoms. The highest BCUT2D eigenvalue weighted by molar-refractivity contribution is 5.92. The largest absolute Gasteiger partial charge is 0.293 e. The van der Waals surface area contributed by atoms with E-state index >= 15 is 0 Å². The van der Waals surface area contributed by atoms with Crippen LogP contribution in [0.5, 0.6) is 0 Å². The van der Waals surface area contributed by atoms with Crippen molar-refractivity contribution in [1.29, 1.82) is 0 Å². The Balaban J connectivity index is 2.22. The molecule has 4 heteroatoms. The summed E-state index contributed by atoms with van der Waals surface area (Å²) in [6, 6.07) is 7.29. The van der Waals surface area contributed by atoms with Gasteiger partial charge in [-0.25, -0.2) is 4.98 Å². The molecule has 0 radical (unpaired) electrons. The summed E-state index contributed by atoms with van der Waals surface area (Å²) in [4.78, 5) is 15.4. The van der Waals surface area contributed by atoms with Crippen molar-refractivity contribution in [1.82, 2.24) is 14.8 Å². The number of ketones is 1. The van der Waals surface area contributed by atoms with Gasteiger partial charge in [0.05, 0.1) is 12.2 Å². The summed E-state index contributed by atoms with van der Waals surface area (Å²) in [5.41, 5.74) is 1.34. The smallest absolute Gasteiger partial charge is 0.178 e. The van der Waals surface area contributed by atoms with Crippen LogP contribution in [-0.4, -0.2) is 20.5 Å². The van der Waals surface area contributed by atoms with Crippen LogP contribution in [0.3, 0.4) is 0 Å². The maximum absolute atomic E-state index is 11.1. The monoisotopic (exact) mass is 201 g/mol. The zero-order valence-corrected chi connectivity index (χ0v) is 8.42. The van der Waals surface area contributed by atoms with Gasteiger partial charge in [0.25, 0.3) is 0 Å². The number of Topliss-reactive ketones (excluding diaryl/α,β-unsaturated/α-hetero) is 1. The Kier molecular flexibility index (Phi) is 2.58. The minimum Gasteiger partial charge on any atom is -0.293 e. The number of rotatable bonds is 3. The molecule has 0 aliphatic rings. The van der Waals surface area contributed by atoms with E-state index in [0.29, 0.717) is 12.2 Å². The van der Waals surface area contributed by atoms with Crippen LogP contribution in [0, 0.1) is 0 Å². The second-order valence-electron chi connectivity index (χ2n) is 3.27. The van der Waals surface area contributed by atoms with Crippen LogP contribution in [0.1, 0.15) is 23.1 Å². The number of pyridine rings is 1. The van der Waals surface area contributed by atoms with E-state index < -0.39 is 0 Å². The molecule has 0 unspecified atom stereocenters. The minimum absolute atomic E-state index is 0.0164. The maximum Gasteiger partial charge on any atom is 0.178 e. The normalized spacial score (nSPS) is 10.2. The van der Waals surface area contributed by atoms with E-state index in [1.807, 2.05) is 24.4 Å². The van der Waals surface area contributed by atoms with Gasteiger partial charge in [0.2, 0.25) is 0 Å². The molecule has 0 saturated carbocycles. The maximum atomic E-state index is 11.1. The third-order valence-corrected chi connectivity index (χ3v) is 2.05. The van der Waals surface area contributed by atoms with Crippen molar-refractivity contribution in [3.05, 3.63) is 48.0 Å². The molecule has 0 saturated heterocycles. The van der Waals surface area contributed by atoms with Crippen molar-refractivity contribution in [3.8, 4) is 0 Å². The summed E-state index contributed by atoms with van der Waals surface area (Å²) in [6.07, 6.45) is 3.58. The molecule has 15 heavy (non-hydrogen) atoms. The number of hydrogen-bond acceptors (Lipinski definition) is 3. The SMILES string of the molecule is CC(=O)c1cccc(Cn2cccn2)n1. The zero-order valence-electron chi connectivity index (χ0n) is 8.42. The van der Waals surface area contributed by atoms with Crippen LogP contribution in [-0.2, 0) is 6.54 Å². The van der Waals surface area contributed by atoms with E-state index in [2.05, 4.69) is 10.1 Å². The predicted molar refractivity (Wildman–Crippen MR) is 55.6 cm³/mol. The zero-order chi connectivity index (χ0) is 10.7. The predicted octanol–water partition coefficient (Wildman–Crippen LogP) is 1.53. The quantitative estimate of drug-likeness (QED) is 0.707. The van der Waals surface area contributed by atoms with Crippen LogP contribution in [0.15, 0.2) is 36.7 Å². The third-order valence-electron chi connectivity index (χ3n) is 2.05. The lowest BCUT2D eigenvalue weighted by molar-refractivity contribution is 0.101. The van der Waals surface area contributed by atoms with Gasteiger partial charge in [0, 0.05) is 19.3 Å². The van der Waals surface area contributed by atoms with Crippen molar-refractivity contribution in [3.63, 3.8) is 0 Å². The van der Waals surface area contributed by atoms with Gasteiger partial charge in [-0.3, -0.25) is 9.48 Å². The lowest BCUT2D eigenvalue weighted by Crippen LogP contribution is -2.05. The second kappa shape index (κ2) is 4.04. The number of carbonyl (C=O) groups excluding carboxylic acids is 1. The summed E-state index contributed by atoms with van der Waals surface area (Å²) >= 11 is 0. The second-order valence-corrected chi connectivity index (χ2v) is 3.27. The molecule has 0 aromatic carbocycles. The first-order valence-electron chi connectivity index (χ1n) is 4.70. The summed E-state index contributed by atoms with van der Waals surface area (Å²) < 4.78 is 1.77. The van der Waals surface area contributed by atoms with Gasteiger partial charge in [-0.1, -0.05) is 6.07 Å². The molecule has 0 bridgehead atoms. The Morgan fingerprint density at radius 2 is 2.27 bits per heavy atom. The fourth-order valence-electron chi connectivity index (χ4n) is 1.32. The number of nitrogens with zero attached hydrogens (tertiary/aromatic N) is 3. The van der Waals surface area contributed by atoms with Crippen molar-refractivity contribution in [2.75, 3.05) is 0 Å². The van der Waals surface area contributed by atoms with Gasteiger partial charge in [0.15, 0.2) is 5.78 Å². The average molecular weight is 201 g/mol. The molecular weight excluding hydrogens is 190 g/mol. The Hall–Kier alpha value is -1.97.